The molecule has 2 rings (SSSR count). The number of rotatable bonds is 5. The number of hydrogen-bond acceptors (Lipinski definition) is 2. The summed E-state index contributed by atoms with van der Waals surface area (Å²) in [7, 11) is 0. The third kappa shape index (κ3) is 3.51. The molecule has 2 aromatic rings. The molecule has 118 valence electrons. The number of carbonyl (C=O) groups excluding carboxylic acids is 1. The van der Waals surface area contributed by atoms with Gasteiger partial charge in [-0.3, -0.25) is 4.79 Å². The highest BCUT2D eigenvalue weighted by molar-refractivity contribution is 5.80. The summed E-state index contributed by atoms with van der Waals surface area (Å²) in [5.74, 6) is -2.28. The van der Waals surface area contributed by atoms with Gasteiger partial charge >= 0.3 is 0 Å². The second-order valence-electron chi connectivity index (χ2n) is 5.22. The number of halogens is 2. The molecule has 0 bridgehead atoms. The van der Waals surface area contributed by atoms with Gasteiger partial charge in [0.2, 0.25) is 5.91 Å². The molecule has 0 spiro atoms. The van der Waals surface area contributed by atoms with Crippen LogP contribution in [0.5, 0.6) is 0 Å². The largest absolute Gasteiger partial charge is 0.386 e. The Bertz CT molecular complexity index is 644. The van der Waals surface area contributed by atoms with Crippen LogP contribution >= 0.6 is 0 Å². The van der Waals surface area contributed by atoms with Crippen molar-refractivity contribution < 1.29 is 18.7 Å². The van der Waals surface area contributed by atoms with Crippen molar-refractivity contribution in [1.29, 1.82) is 0 Å². The third-order valence-corrected chi connectivity index (χ3v) is 3.58. The van der Waals surface area contributed by atoms with Crippen LogP contribution in [0.3, 0.4) is 0 Å². The molecule has 22 heavy (non-hydrogen) atoms. The van der Waals surface area contributed by atoms with Gasteiger partial charge in [-0.05, 0) is 43.7 Å². The summed E-state index contributed by atoms with van der Waals surface area (Å²) in [6.45, 7) is 3.33. The Labute approximate surface area is 127 Å². The van der Waals surface area contributed by atoms with Crippen LogP contribution in [0.4, 0.5) is 8.78 Å². The van der Waals surface area contributed by atoms with Gasteiger partial charge in [0.1, 0.15) is 6.04 Å². The molecule has 0 fully saturated rings. The molecule has 3 unspecified atom stereocenters. The lowest BCUT2D eigenvalue weighted by molar-refractivity contribution is -0.125. The maximum atomic E-state index is 13.2. The number of carbonyl (C=O) groups is 1. The zero-order valence-electron chi connectivity index (χ0n) is 12.3. The molecular weight excluding hydrogens is 290 g/mol. The van der Waals surface area contributed by atoms with Crippen LogP contribution in [0.1, 0.15) is 31.6 Å². The molecule has 1 aromatic heterocycles. The van der Waals surface area contributed by atoms with Crippen molar-refractivity contribution in [3.8, 4) is 0 Å². The molecule has 0 saturated carbocycles. The van der Waals surface area contributed by atoms with E-state index in [2.05, 4.69) is 5.32 Å². The predicted octanol–water partition coefficient (Wildman–Crippen LogP) is 2.57. The lowest BCUT2D eigenvalue weighted by Crippen LogP contribution is -2.40. The standard InChI is InChI=1S/C16H18F2N2O2/c1-10(15(21)12-5-6-13(17)14(18)9-12)19-16(22)11(2)20-7-3-4-8-20/h3-11,15,21H,1-2H3,(H,19,22). The number of aliphatic hydroxyl groups is 1. The van der Waals surface area contributed by atoms with E-state index >= 15 is 0 Å². The first-order chi connectivity index (χ1) is 10.4. The monoisotopic (exact) mass is 308 g/mol. The van der Waals surface area contributed by atoms with Crippen molar-refractivity contribution in [2.45, 2.75) is 32.0 Å². The molecule has 6 heteroatoms. The third-order valence-electron chi connectivity index (χ3n) is 3.58. The van der Waals surface area contributed by atoms with Crippen LogP contribution in [-0.4, -0.2) is 21.6 Å². The van der Waals surface area contributed by atoms with E-state index in [0.29, 0.717) is 0 Å². The van der Waals surface area contributed by atoms with Crippen molar-refractivity contribution in [3.63, 3.8) is 0 Å². The Hall–Kier alpha value is -2.21. The number of benzene rings is 1. The average Bonchev–Trinajstić information content (AvgIpc) is 3.02. The van der Waals surface area contributed by atoms with E-state index in [1.807, 2.05) is 12.1 Å². The minimum atomic E-state index is -1.13. The van der Waals surface area contributed by atoms with Crippen molar-refractivity contribution in [2.75, 3.05) is 0 Å². The fraction of sp³-hybridized carbons (Fsp3) is 0.312. The molecule has 1 heterocycles. The Kier molecular flexibility index (Phi) is 4.92. The van der Waals surface area contributed by atoms with Gasteiger partial charge in [0.15, 0.2) is 11.6 Å². The fourth-order valence-electron chi connectivity index (χ4n) is 2.15. The maximum absolute atomic E-state index is 13.2. The number of amides is 1. The second kappa shape index (κ2) is 6.70. The van der Waals surface area contributed by atoms with E-state index in [9.17, 15) is 18.7 Å². The number of nitrogens with zero attached hydrogens (tertiary/aromatic N) is 1. The van der Waals surface area contributed by atoms with Crippen molar-refractivity contribution in [2.24, 2.45) is 0 Å². The number of aliphatic hydroxyl groups excluding tert-OH is 1. The molecule has 0 radical (unpaired) electrons. The first-order valence-electron chi connectivity index (χ1n) is 6.96. The molecule has 2 N–H and O–H groups in total. The van der Waals surface area contributed by atoms with E-state index in [-0.39, 0.29) is 11.5 Å². The molecule has 4 nitrogen and oxygen atoms in total. The summed E-state index contributed by atoms with van der Waals surface area (Å²) in [4.78, 5) is 12.1. The van der Waals surface area contributed by atoms with Gasteiger partial charge in [-0.1, -0.05) is 6.07 Å². The van der Waals surface area contributed by atoms with E-state index < -0.39 is 29.8 Å². The lowest BCUT2D eigenvalue weighted by atomic mass is 10.0. The van der Waals surface area contributed by atoms with Crippen LogP contribution < -0.4 is 5.32 Å². The average molecular weight is 308 g/mol. The van der Waals surface area contributed by atoms with Crippen molar-refractivity contribution in [3.05, 3.63) is 59.9 Å². The van der Waals surface area contributed by atoms with Crippen LogP contribution in [0.25, 0.3) is 0 Å². The summed E-state index contributed by atoms with van der Waals surface area (Å²) in [6, 6.07) is 5.71. The van der Waals surface area contributed by atoms with Crippen LogP contribution in [0.2, 0.25) is 0 Å². The Morgan fingerprint density at radius 2 is 1.82 bits per heavy atom. The first kappa shape index (κ1) is 16.2. The molecule has 1 aromatic carbocycles. The fourth-order valence-corrected chi connectivity index (χ4v) is 2.15. The van der Waals surface area contributed by atoms with Crippen molar-refractivity contribution in [1.82, 2.24) is 9.88 Å². The molecule has 0 aliphatic carbocycles. The number of hydrogen-bond donors (Lipinski definition) is 2. The van der Waals surface area contributed by atoms with Crippen molar-refractivity contribution >= 4 is 5.91 Å². The maximum Gasteiger partial charge on any atom is 0.243 e. The van der Waals surface area contributed by atoms with Crippen LogP contribution in [0.15, 0.2) is 42.7 Å². The zero-order chi connectivity index (χ0) is 16.3. The number of nitrogens with one attached hydrogen (secondary N) is 1. The van der Waals surface area contributed by atoms with Gasteiger partial charge in [-0.25, -0.2) is 8.78 Å². The highest BCUT2D eigenvalue weighted by atomic mass is 19.2. The van der Waals surface area contributed by atoms with Crippen LogP contribution in [0, 0.1) is 11.6 Å². The Morgan fingerprint density at radius 3 is 2.41 bits per heavy atom. The van der Waals surface area contributed by atoms with Crippen LogP contribution in [-0.2, 0) is 4.79 Å². The highest BCUT2D eigenvalue weighted by Crippen LogP contribution is 2.20. The van der Waals surface area contributed by atoms with E-state index in [0.717, 1.165) is 12.1 Å². The normalized spacial score (nSPS) is 15.1. The van der Waals surface area contributed by atoms with Gasteiger partial charge in [-0.15, -0.1) is 0 Å². The smallest absolute Gasteiger partial charge is 0.243 e. The molecule has 1 amide bonds. The summed E-state index contributed by atoms with van der Waals surface area (Å²) in [5.41, 5.74) is 0.209. The summed E-state index contributed by atoms with van der Waals surface area (Å²) < 4.78 is 27.8. The highest BCUT2D eigenvalue weighted by Gasteiger charge is 2.22. The first-order valence-corrected chi connectivity index (χ1v) is 6.96. The van der Waals surface area contributed by atoms with E-state index in [1.54, 1.807) is 30.8 Å². The quantitative estimate of drug-likeness (QED) is 0.892. The predicted molar refractivity (Wildman–Crippen MR) is 78.1 cm³/mol. The SMILES string of the molecule is CC(NC(=O)C(C)n1cccc1)C(O)c1ccc(F)c(F)c1. The van der Waals surface area contributed by atoms with Gasteiger partial charge in [0, 0.05) is 12.4 Å². The second-order valence-corrected chi connectivity index (χ2v) is 5.22. The summed E-state index contributed by atoms with van der Waals surface area (Å²) in [5, 5.41) is 12.8. The van der Waals surface area contributed by atoms with Gasteiger partial charge in [0.25, 0.3) is 0 Å². The summed E-state index contributed by atoms with van der Waals surface area (Å²) in [6.07, 6.45) is 2.40. The molecule has 3 atom stereocenters. The molecule has 0 aliphatic rings. The molecule has 0 aliphatic heterocycles. The van der Waals surface area contributed by atoms with E-state index in [1.165, 1.54) is 6.07 Å². The minimum absolute atomic E-state index is 0.209. The molecular formula is C16H18F2N2O2. The van der Waals surface area contributed by atoms with Gasteiger partial charge in [-0.2, -0.15) is 0 Å². The topological polar surface area (TPSA) is 54.3 Å². The zero-order valence-corrected chi connectivity index (χ0v) is 12.3. The lowest BCUT2D eigenvalue weighted by Gasteiger charge is -2.23. The molecule has 0 saturated heterocycles. The van der Waals surface area contributed by atoms with Gasteiger partial charge in [0.05, 0.1) is 12.1 Å². The number of aromatic nitrogens is 1. The minimum Gasteiger partial charge on any atom is -0.386 e. The summed E-state index contributed by atoms with van der Waals surface area (Å²) >= 11 is 0. The Morgan fingerprint density at radius 1 is 1.18 bits per heavy atom. The van der Waals surface area contributed by atoms with E-state index in [4.69, 9.17) is 0 Å². The Balaban J connectivity index is 2.03. The van der Waals surface area contributed by atoms with Gasteiger partial charge < -0.3 is 15.0 Å².